The van der Waals surface area contributed by atoms with E-state index in [0.29, 0.717) is 23.9 Å². The first-order chi connectivity index (χ1) is 9.76. The largest absolute Gasteiger partial charge is 0.243 e. The third-order valence-corrected chi connectivity index (χ3v) is 7.65. The van der Waals surface area contributed by atoms with Crippen LogP contribution >= 0.6 is 15.9 Å². The van der Waals surface area contributed by atoms with Gasteiger partial charge in [-0.1, -0.05) is 28.9 Å². The highest BCUT2D eigenvalue weighted by atomic mass is 79.9. The Morgan fingerprint density at radius 1 is 1.38 bits per heavy atom. The second-order valence-corrected chi connectivity index (χ2v) is 10.2. The first-order valence-corrected chi connectivity index (χ1v) is 10.8. The van der Waals surface area contributed by atoms with E-state index < -0.39 is 25.9 Å². The van der Waals surface area contributed by atoms with Crippen LogP contribution in [0.15, 0.2) is 33.6 Å². The number of benzene rings is 1. The lowest BCUT2D eigenvalue weighted by atomic mass is 10.2. The molecule has 21 heavy (non-hydrogen) atoms. The molecule has 1 aliphatic heterocycles. The molecule has 0 bridgehead atoms. The van der Waals surface area contributed by atoms with Gasteiger partial charge in [0.05, 0.1) is 16.4 Å². The number of nitrogens with zero attached hydrogens (tertiary/aromatic N) is 1. The van der Waals surface area contributed by atoms with Crippen molar-refractivity contribution in [3.63, 3.8) is 0 Å². The fourth-order valence-electron chi connectivity index (χ4n) is 2.48. The van der Waals surface area contributed by atoms with E-state index in [9.17, 15) is 16.8 Å². The van der Waals surface area contributed by atoms with Crippen molar-refractivity contribution in [2.45, 2.75) is 30.7 Å². The molecule has 1 fully saturated rings. The summed E-state index contributed by atoms with van der Waals surface area (Å²) in [7, 11) is -6.81. The van der Waals surface area contributed by atoms with Crippen LogP contribution < -0.4 is 0 Å². The van der Waals surface area contributed by atoms with E-state index in [2.05, 4.69) is 15.9 Å². The molecule has 1 atom stereocenters. The second kappa shape index (κ2) is 6.36. The lowest BCUT2D eigenvalue weighted by Gasteiger charge is -2.27. The normalized spacial score (nSPS) is 21.8. The smallest absolute Gasteiger partial charge is 0.229 e. The molecule has 2 rings (SSSR count). The Morgan fingerprint density at radius 3 is 2.62 bits per heavy atom. The maximum Gasteiger partial charge on any atom is 0.243 e. The van der Waals surface area contributed by atoms with Crippen molar-refractivity contribution < 1.29 is 16.8 Å². The van der Waals surface area contributed by atoms with Gasteiger partial charge in [0, 0.05) is 17.1 Å². The van der Waals surface area contributed by atoms with Crippen LogP contribution in [0.1, 0.15) is 19.8 Å². The molecule has 0 saturated carbocycles. The Balaban J connectivity index is 2.37. The quantitative estimate of drug-likeness (QED) is 0.764. The van der Waals surface area contributed by atoms with Crippen LogP contribution in [0.3, 0.4) is 0 Å². The van der Waals surface area contributed by atoms with Crippen molar-refractivity contribution in [3.05, 3.63) is 28.7 Å². The molecule has 0 aliphatic carbocycles. The molecular formula is C13H18BrNO4S2. The summed E-state index contributed by atoms with van der Waals surface area (Å²) in [5.74, 6) is -0.0217. The maximum absolute atomic E-state index is 12.8. The molecule has 118 valence electrons. The van der Waals surface area contributed by atoms with E-state index in [-0.39, 0.29) is 16.4 Å². The average molecular weight is 396 g/mol. The zero-order chi connectivity index (χ0) is 15.7. The lowest BCUT2D eigenvalue weighted by molar-refractivity contribution is 0.340. The van der Waals surface area contributed by atoms with E-state index in [1.807, 2.05) is 6.92 Å². The maximum atomic E-state index is 12.8. The summed E-state index contributed by atoms with van der Waals surface area (Å²) in [5, 5.41) is 0. The summed E-state index contributed by atoms with van der Waals surface area (Å²) in [6.07, 6.45) is 1.01. The van der Waals surface area contributed by atoms with Crippen LogP contribution in [0.25, 0.3) is 0 Å². The molecule has 1 unspecified atom stereocenters. The molecule has 1 aromatic rings. The van der Waals surface area contributed by atoms with Gasteiger partial charge in [0.1, 0.15) is 0 Å². The lowest BCUT2D eigenvalue weighted by Crippen LogP contribution is -2.41. The van der Waals surface area contributed by atoms with Gasteiger partial charge in [0.25, 0.3) is 0 Å². The highest BCUT2D eigenvalue weighted by Gasteiger charge is 2.38. The fourth-order valence-corrected chi connectivity index (χ4v) is 6.65. The van der Waals surface area contributed by atoms with Crippen LogP contribution in [0.2, 0.25) is 0 Å². The molecular weight excluding hydrogens is 378 g/mol. The van der Waals surface area contributed by atoms with Gasteiger partial charge in [-0.3, -0.25) is 0 Å². The molecule has 0 spiro atoms. The van der Waals surface area contributed by atoms with Crippen molar-refractivity contribution in [2.24, 2.45) is 0 Å². The number of hydrogen-bond donors (Lipinski definition) is 0. The molecule has 0 radical (unpaired) electrons. The van der Waals surface area contributed by atoms with Crippen LogP contribution in [0.5, 0.6) is 0 Å². The minimum Gasteiger partial charge on any atom is -0.229 e. The Bertz CT molecular complexity index is 715. The standard InChI is InChI=1S/C13H18BrNO4S2/c1-2-7-15(12-6-8-20(16,17)10-12)21(18,19)13-5-3-4-11(14)9-13/h3-5,9,12H,2,6-8,10H2,1H3. The zero-order valence-electron chi connectivity index (χ0n) is 11.7. The molecule has 0 aromatic heterocycles. The van der Waals surface area contributed by atoms with Gasteiger partial charge in [0.2, 0.25) is 10.0 Å². The van der Waals surface area contributed by atoms with Gasteiger partial charge in [-0.2, -0.15) is 4.31 Å². The predicted octanol–water partition coefficient (Wildman–Crippen LogP) is 2.04. The average Bonchev–Trinajstić information content (AvgIpc) is 2.75. The van der Waals surface area contributed by atoms with Crippen molar-refractivity contribution in [3.8, 4) is 0 Å². The number of sulfone groups is 1. The molecule has 5 nitrogen and oxygen atoms in total. The summed E-state index contributed by atoms with van der Waals surface area (Å²) < 4.78 is 50.9. The van der Waals surface area contributed by atoms with Crippen molar-refractivity contribution in [1.82, 2.24) is 4.31 Å². The summed E-state index contributed by atoms with van der Waals surface area (Å²) in [6, 6.07) is 6.03. The molecule has 1 heterocycles. The third-order valence-electron chi connectivity index (χ3n) is 3.46. The zero-order valence-corrected chi connectivity index (χ0v) is 14.9. The number of hydrogen-bond acceptors (Lipinski definition) is 4. The number of rotatable bonds is 5. The highest BCUT2D eigenvalue weighted by molar-refractivity contribution is 9.10. The van der Waals surface area contributed by atoms with Gasteiger partial charge in [-0.25, -0.2) is 16.8 Å². The summed E-state index contributed by atoms with van der Waals surface area (Å²) in [5.41, 5.74) is 0. The van der Waals surface area contributed by atoms with Gasteiger partial charge < -0.3 is 0 Å². The summed E-state index contributed by atoms with van der Waals surface area (Å²) >= 11 is 3.27. The van der Waals surface area contributed by atoms with E-state index in [4.69, 9.17) is 0 Å². The van der Waals surface area contributed by atoms with Gasteiger partial charge >= 0.3 is 0 Å². The van der Waals surface area contributed by atoms with E-state index >= 15 is 0 Å². The Kier molecular flexibility index (Phi) is 5.12. The summed E-state index contributed by atoms with van der Waals surface area (Å²) in [4.78, 5) is 0.189. The SMILES string of the molecule is CCCN(C1CCS(=O)(=O)C1)S(=O)(=O)c1cccc(Br)c1. The minimum atomic E-state index is -3.68. The summed E-state index contributed by atoms with van der Waals surface area (Å²) in [6.45, 7) is 2.21. The first-order valence-electron chi connectivity index (χ1n) is 6.74. The number of halogens is 1. The number of sulfonamides is 1. The van der Waals surface area contributed by atoms with Crippen molar-refractivity contribution in [1.29, 1.82) is 0 Å². The fraction of sp³-hybridized carbons (Fsp3) is 0.538. The van der Waals surface area contributed by atoms with E-state index in [1.165, 1.54) is 10.4 Å². The second-order valence-electron chi connectivity index (χ2n) is 5.13. The molecule has 8 heteroatoms. The van der Waals surface area contributed by atoms with E-state index in [0.717, 1.165) is 0 Å². The predicted molar refractivity (Wildman–Crippen MR) is 85.4 cm³/mol. The van der Waals surface area contributed by atoms with Crippen molar-refractivity contribution >= 4 is 35.8 Å². The van der Waals surface area contributed by atoms with Gasteiger partial charge in [0.15, 0.2) is 9.84 Å². The van der Waals surface area contributed by atoms with E-state index in [1.54, 1.807) is 18.2 Å². The van der Waals surface area contributed by atoms with Crippen LogP contribution in [-0.4, -0.2) is 45.2 Å². The highest BCUT2D eigenvalue weighted by Crippen LogP contribution is 2.26. The Morgan fingerprint density at radius 2 is 2.10 bits per heavy atom. The molecule has 0 amide bonds. The molecule has 1 aromatic carbocycles. The van der Waals surface area contributed by atoms with Crippen LogP contribution in [0.4, 0.5) is 0 Å². The first kappa shape index (κ1) is 16.9. The van der Waals surface area contributed by atoms with Crippen molar-refractivity contribution in [2.75, 3.05) is 18.1 Å². The van der Waals surface area contributed by atoms with Gasteiger partial charge in [-0.05, 0) is 31.0 Å². The Hall–Kier alpha value is -0.440. The topological polar surface area (TPSA) is 71.5 Å². The third kappa shape index (κ3) is 3.85. The molecule has 0 N–H and O–H groups in total. The molecule has 1 saturated heterocycles. The van der Waals surface area contributed by atoms with Crippen LogP contribution in [0, 0.1) is 0 Å². The monoisotopic (exact) mass is 395 g/mol. The molecule has 1 aliphatic rings. The minimum absolute atomic E-state index is 0.0614. The van der Waals surface area contributed by atoms with Crippen LogP contribution in [-0.2, 0) is 19.9 Å². The van der Waals surface area contributed by atoms with Gasteiger partial charge in [-0.15, -0.1) is 0 Å². The Labute approximate surface area is 134 Å².